The van der Waals surface area contributed by atoms with E-state index >= 15 is 8.78 Å². The van der Waals surface area contributed by atoms with E-state index in [0.717, 1.165) is 20.4 Å². The van der Waals surface area contributed by atoms with Crippen LogP contribution in [0.2, 0.25) is 18.1 Å². The van der Waals surface area contributed by atoms with Gasteiger partial charge >= 0.3 is 5.66 Å². The lowest BCUT2D eigenvalue weighted by Crippen LogP contribution is -2.53. The fourth-order valence-electron chi connectivity index (χ4n) is 6.40. The van der Waals surface area contributed by atoms with Crippen LogP contribution >= 0.6 is 44.8 Å². The molecule has 2 aliphatic rings. The van der Waals surface area contributed by atoms with Gasteiger partial charge in [0.15, 0.2) is 15.7 Å². The second-order valence-electron chi connectivity index (χ2n) is 18.1. The molecule has 0 saturated carbocycles. The Hall–Kier alpha value is 0.477. The average molecular weight is 1100 g/mol. The molecule has 33 heteroatoms. The minimum Gasteiger partial charge on any atom is -0.789 e. The summed E-state index contributed by atoms with van der Waals surface area (Å²) in [4.78, 5) is 54.9. The highest BCUT2D eigenvalue weighted by Crippen LogP contribution is 2.63. The van der Waals surface area contributed by atoms with Crippen LogP contribution in [0, 0.1) is 6.57 Å². The van der Waals surface area contributed by atoms with E-state index in [1.165, 1.54) is 13.8 Å². The Bertz CT molecular complexity index is 2000. The number of aliphatic hydroxyl groups excluding tert-OH is 1. The highest BCUT2D eigenvalue weighted by atomic mass is 31.2. The minimum absolute atomic E-state index is 0.00000623. The van der Waals surface area contributed by atoms with Crippen molar-refractivity contribution in [3.8, 4) is 0 Å². The molecule has 2 rings (SSSR count). The molecule has 0 aromatic carbocycles. The number of ether oxygens (including phenoxy) is 2. The van der Waals surface area contributed by atoms with Crippen LogP contribution in [0.15, 0.2) is 0 Å². The van der Waals surface area contributed by atoms with Crippen LogP contribution in [0.5, 0.6) is 0 Å². The molecular weight excluding hydrogens is 1040 g/mol. The van der Waals surface area contributed by atoms with E-state index in [-0.39, 0.29) is 37.4 Å². The fourth-order valence-corrected chi connectivity index (χ4v) is 13.0. The van der Waals surface area contributed by atoms with Crippen molar-refractivity contribution in [3.63, 3.8) is 0 Å². The Labute approximate surface area is 394 Å². The lowest BCUT2D eigenvalue weighted by molar-refractivity contribution is -0.229. The third-order valence-corrected chi connectivity index (χ3v) is 23.9. The Morgan fingerprint density at radius 2 is 1.33 bits per heavy atom. The normalized spacial score (nSPS) is 31.0. The van der Waals surface area contributed by atoms with Gasteiger partial charge in [-0.3, -0.25) is 4.57 Å². The van der Waals surface area contributed by atoms with E-state index in [1.807, 2.05) is 33.9 Å². The lowest BCUT2D eigenvalue weighted by atomic mass is 9.86. The zero-order valence-corrected chi connectivity index (χ0v) is 45.8. The predicted molar refractivity (Wildman–Crippen MR) is 246 cm³/mol. The van der Waals surface area contributed by atoms with E-state index in [0.29, 0.717) is 0 Å². The first-order valence-corrected chi connectivity index (χ1v) is 34.8. The van der Waals surface area contributed by atoms with Crippen molar-refractivity contribution in [2.75, 3.05) is 66.3 Å². The predicted octanol–water partition coefficient (Wildman–Crippen LogP) is 4.40. The molecule has 0 amide bonds. The Balaban J connectivity index is 0.000000722. The van der Waals surface area contributed by atoms with Gasteiger partial charge in [0.25, 0.3) is 13.2 Å². The Morgan fingerprint density at radius 1 is 0.836 bits per heavy atom. The zero-order chi connectivity index (χ0) is 52.9. The van der Waals surface area contributed by atoms with Gasteiger partial charge in [-0.05, 0) is 57.5 Å². The van der Waals surface area contributed by atoms with Gasteiger partial charge in [0.1, 0.15) is 66.6 Å². The Morgan fingerprint density at radius 3 is 1.76 bits per heavy atom. The van der Waals surface area contributed by atoms with Crippen LogP contribution in [0.1, 0.15) is 53.4 Å². The lowest BCUT2D eigenvalue weighted by Gasteiger charge is -2.43. The molecule has 4 radical (unpaired) electrons. The standard InChI is InChI=1S/C24H47BF2NO8P3Si.C10H19BF2O11P3/c1-13-32-38(9,30)17-14-23(18-24(26,27)37(7,8)29)20(35-39(10,31-6)33-16-15-28-5)19(21(25)34-23)36-40(11,12)22(2,3)4;1-22-25(2,15)24-7-6(14)8(11)23-9(7,3-4-26(16,17)18)5-10(12,13)27(19,20)21/h19-21H,10,13-18H2,1-4,6-9,11-12H3;6-8,14H,2-5H2,1H3,(H4-,15,16,17,18,19,20,21)/q;-1/p-2/t19?,20-,21-,23-,38?,39?;6?,7-,8-,9-,25?/m11/s1. The number of hydrogen-bond acceptors (Lipinski definition) is 17. The van der Waals surface area contributed by atoms with E-state index in [9.17, 15) is 46.8 Å². The van der Waals surface area contributed by atoms with E-state index in [1.54, 1.807) is 6.92 Å². The van der Waals surface area contributed by atoms with Crippen LogP contribution in [0.25, 0.3) is 4.85 Å². The molecule has 3 N–H and O–H groups in total. The van der Waals surface area contributed by atoms with Crippen molar-refractivity contribution < 1.29 is 106 Å². The maximum atomic E-state index is 15.6. The molecular formula is C34H64B2F4NO19P6Si-3. The number of hydrogen-bond donors (Lipinski definition) is 3. The summed E-state index contributed by atoms with van der Waals surface area (Å²) >= 11 is 0. The van der Waals surface area contributed by atoms with Gasteiger partial charge in [0.05, 0.1) is 25.6 Å². The third kappa shape index (κ3) is 18.4. The van der Waals surface area contributed by atoms with Gasteiger partial charge in [0, 0.05) is 52.8 Å². The summed E-state index contributed by atoms with van der Waals surface area (Å²) < 4.78 is 157. The molecule has 2 fully saturated rings. The summed E-state index contributed by atoms with van der Waals surface area (Å²) in [7, 11) is -14.9. The molecule has 20 nitrogen and oxygen atoms in total. The zero-order valence-electron chi connectivity index (χ0n) is 39.4. The van der Waals surface area contributed by atoms with E-state index in [4.69, 9.17) is 68.6 Å². The molecule has 0 aromatic heterocycles. The largest absolute Gasteiger partial charge is 0.789 e. The molecule has 7 unspecified atom stereocenters. The van der Waals surface area contributed by atoms with Gasteiger partial charge in [0.2, 0.25) is 14.1 Å². The van der Waals surface area contributed by atoms with Crippen molar-refractivity contribution >= 4 is 81.4 Å². The number of halogens is 4. The molecule has 0 aliphatic carbocycles. The van der Waals surface area contributed by atoms with Crippen molar-refractivity contribution in [2.24, 2.45) is 0 Å². The van der Waals surface area contributed by atoms with Gasteiger partial charge in [-0.1, -0.05) is 27.1 Å². The number of rotatable bonds is 25. The molecule has 2 heterocycles. The molecule has 13 atom stereocenters. The molecule has 67 heavy (non-hydrogen) atoms. The van der Waals surface area contributed by atoms with Crippen molar-refractivity contribution in [1.29, 1.82) is 0 Å². The van der Waals surface area contributed by atoms with Crippen LogP contribution < -0.4 is 14.7 Å². The highest BCUT2D eigenvalue weighted by Gasteiger charge is 2.64. The summed E-state index contributed by atoms with van der Waals surface area (Å²) in [5.41, 5.74) is -13.2. The van der Waals surface area contributed by atoms with E-state index < -0.39 is 138 Å². The van der Waals surface area contributed by atoms with Crippen LogP contribution in [0.4, 0.5) is 17.6 Å². The topological polar surface area (TPSA) is 286 Å². The molecule has 390 valence electrons. The van der Waals surface area contributed by atoms with Gasteiger partial charge in [-0.25, -0.2) is 6.57 Å². The summed E-state index contributed by atoms with van der Waals surface area (Å²) in [6.07, 6.45) is -5.11. The number of alkyl halides is 4. The summed E-state index contributed by atoms with van der Waals surface area (Å²) in [5.74, 6) is 0. The fraction of sp³-hybridized carbons (Fsp3) is 0.912. The second kappa shape index (κ2) is 23.8. The van der Waals surface area contributed by atoms with Crippen molar-refractivity contribution in [2.45, 2.75) is 130 Å². The smallest absolute Gasteiger partial charge is 0.311 e. The van der Waals surface area contributed by atoms with Crippen LogP contribution in [-0.4, -0.2) is 177 Å². The van der Waals surface area contributed by atoms with Crippen LogP contribution in [-0.2, 0) is 59.3 Å². The molecule has 2 saturated heterocycles. The molecule has 0 aromatic rings. The first-order chi connectivity index (χ1) is 29.8. The molecule has 0 spiro atoms. The minimum atomic E-state index is -6.32. The van der Waals surface area contributed by atoms with Crippen molar-refractivity contribution in [3.05, 3.63) is 11.4 Å². The number of aliphatic hydroxyl groups is 1. The Kier molecular flexibility index (Phi) is 23.2. The second-order valence-corrected chi connectivity index (χ2v) is 36.2. The SMILES string of the molecule is [B][C@@H]1O[C@](CCP(=O)([O-])O)(CC(F)(F)P(=O)([O-])O)[C@H](OP(=C)([O-])OC)C1O.[B][C@@H]1O[C@](CCP(C)(=O)OCC)(CC(F)(F)P(C)(C)=O)[C@H](OP(=C)(OC)OCC[N+]#[C-])C1O[Si](C)(C)C(C)(C)C. The van der Waals surface area contributed by atoms with Gasteiger partial charge in [-0.2, -0.15) is 17.6 Å². The van der Waals surface area contributed by atoms with Crippen molar-refractivity contribution in [1.82, 2.24) is 0 Å². The number of nitrogens with zero attached hydrogens (tertiary/aromatic N) is 1. The molecule has 2 aliphatic heterocycles. The summed E-state index contributed by atoms with van der Waals surface area (Å²) in [5, 5.41) is 9.75. The first-order valence-electron chi connectivity index (χ1n) is 20.2. The maximum Gasteiger partial charge on any atom is 0.311 e. The quantitative estimate of drug-likeness (QED) is 0.0375. The maximum absolute atomic E-state index is 15.6. The molecule has 0 bridgehead atoms. The van der Waals surface area contributed by atoms with Gasteiger partial charge < -0.3 is 89.2 Å². The van der Waals surface area contributed by atoms with Gasteiger partial charge in [-0.15, -0.1) is 0 Å². The first kappa shape index (κ1) is 65.5. The van der Waals surface area contributed by atoms with Crippen LogP contribution in [0.3, 0.4) is 0 Å². The van der Waals surface area contributed by atoms with E-state index in [2.05, 4.69) is 22.0 Å². The average Bonchev–Trinajstić information content (AvgIpc) is 3.51. The summed E-state index contributed by atoms with van der Waals surface area (Å²) in [6.45, 7) is 22.2. The highest BCUT2D eigenvalue weighted by molar-refractivity contribution is 7.63. The third-order valence-electron chi connectivity index (χ3n) is 11.3. The monoisotopic (exact) mass is 1100 g/mol. The summed E-state index contributed by atoms with van der Waals surface area (Å²) in [6, 6.07) is -3.02.